The molecule has 0 aromatic carbocycles. The summed E-state index contributed by atoms with van der Waals surface area (Å²) in [5.41, 5.74) is 6.00. The third-order valence-corrected chi connectivity index (χ3v) is 7.13. The first-order valence-corrected chi connectivity index (χ1v) is 11.9. The van der Waals surface area contributed by atoms with Crippen molar-refractivity contribution in [2.45, 2.75) is 64.3 Å². The molecule has 0 radical (unpaired) electrons. The quantitative estimate of drug-likeness (QED) is 0.458. The number of hydrogen-bond acceptors (Lipinski definition) is 6. The zero-order valence-corrected chi connectivity index (χ0v) is 19.0. The first-order chi connectivity index (χ1) is 15.5. The standard InChI is InChI=1S/C25H35FN4O2/c1-3-15-10-11-20(26)25-29-22-17(13-16(4-2)21(22)23(27)31)7-6-12-32-19-9-5-8-18(14-19)28-24(15)30-25/h5-7,9,11,14-18,21-23,31H,3-4,8,10,12-13,27H2,1-2H3,(H,28,29,30). The van der Waals surface area contributed by atoms with Gasteiger partial charge in [-0.2, -0.15) is 0 Å². The summed E-state index contributed by atoms with van der Waals surface area (Å²) >= 11 is 0. The summed E-state index contributed by atoms with van der Waals surface area (Å²) in [6.45, 7) is 4.63. The van der Waals surface area contributed by atoms with Crippen LogP contribution in [-0.2, 0) is 4.74 Å². The smallest absolute Gasteiger partial charge is 0.162 e. The number of nitrogens with two attached hydrogens (primary N) is 1. The summed E-state index contributed by atoms with van der Waals surface area (Å²) in [5, 5.41) is 13.6. The highest BCUT2D eigenvalue weighted by Crippen LogP contribution is 2.42. The van der Waals surface area contributed by atoms with Crippen LogP contribution >= 0.6 is 0 Å². The molecule has 4 N–H and O–H groups in total. The van der Waals surface area contributed by atoms with Crippen LogP contribution in [0.25, 0.3) is 0 Å². The second-order valence-electron chi connectivity index (χ2n) is 9.15. The number of halogens is 1. The fourth-order valence-electron chi connectivity index (χ4n) is 5.36. The van der Waals surface area contributed by atoms with Crippen molar-refractivity contribution in [1.82, 2.24) is 5.32 Å². The maximum atomic E-state index is 15.2. The number of fused-ring (bicyclic) bond motifs is 4. The van der Waals surface area contributed by atoms with Gasteiger partial charge in [-0.15, -0.1) is 0 Å². The molecule has 0 amide bonds. The SMILES string of the molecule is CCC1CC=C(F)C2=NC3C(C=CCOC4=CC(CC=C4)N=C1N2)CC(CC)C3C(N)O. The van der Waals surface area contributed by atoms with Gasteiger partial charge < -0.3 is 20.9 Å². The monoisotopic (exact) mass is 442 g/mol. The minimum absolute atomic E-state index is 0.0473. The van der Waals surface area contributed by atoms with E-state index >= 15 is 4.39 Å². The number of aliphatic imine (C=N–C) groups is 2. The molecule has 0 spiro atoms. The van der Waals surface area contributed by atoms with Crippen molar-refractivity contribution >= 4 is 11.7 Å². The van der Waals surface area contributed by atoms with Gasteiger partial charge in [-0.25, -0.2) is 4.39 Å². The number of nitrogens with zero attached hydrogens (tertiary/aromatic N) is 2. The van der Waals surface area contributed by atoms with E-state index in [9.17, 15) is 5.11 Å². The Bertz CT molecular complexity index is 873. The van der Waals surface area contributed by atoms with Crippen LogP contribution in [0.4, 0.5) is 4.39 Å². The lowest BCUT2D eigenvalue weighted by Crippen LogP contribution is -2.41. The molecule has 32 heavy (non-hydrogen) atoms. The molecule has 1 fully saturated rings. The minimum atomic E-state index is -1.01. The van der Waals surface area contributed by atoms with Crippen molar-refractivity contribution in [3.05, 3.63) is 48.0 Å². The molecule has 1 saturated carbocycles. The van der Waals surface area contributed by atoms with Gasteiger partial charge in [0.1, 0.15) is 24.4 Å². The Labute approximate surface area is 189 Å². The average Bonchev–Trinajstić information content (AvgIpc) is 3.05. The molecule has 7 heteroatoms. The summed E-state index contributed by atoms with van der Waals surface area (Å²) in [6, 6.07) is -0.387. The van der Waals surface area contributed by atoms with E-state index in [-0.39, 0.29) is 47.4 Å². The van der Waals surface area contributed by atoms with E-state index in [1.54, 1.807) is 6.08 Å². The summed E-state index contributed by atoms with van der Waals surface area (Å²) in [6.07, 6.45) is 14.7. The molecular formula is C25H35FN4O2. The number of hydrogen-bond donors (Lipinski definition) is 3. The normalized spacial score (nSPS) is 35.7. The largest absolute Gasteiger partial charge is 0.490 e. The Morgan fingerprint density at radius 1 is 1.25 bits per heavy atom. The maximum Gasteiger partial charge on any atom is 0.162 e. The number of ether oxygens (including phenoxy) is 1. The highest BCUT2D eigenvalue weighted by Gasteiger charge is 2.44. The third kappa shape index (κ3) is 4.89. The predicted octanol–water partition coefficient (Wildman–Crippen LogP) is 3.76. The van der Waals surface area contributed by atoms with Gasteiger partial charge in [0.05, 0.1) is 12.1 Å². The minimum Gasteiger partial charge on any atom is -0.490 e. The van der Waals surface area contributed by atoms with Gasteiger partial charge in [0.25, 0.3) is 0 Å². The van der Waals surface area contributed by atoms with Crippen LogP contribution in [0.2, 0.25) is 0 Å². The van der Waals surface area contributed by atoms with E-state index in [1.165, 1.54) is 0 Å². The molecule has 7 atom stereocenters. The van der Waals surface area contributed by atoms with E-state index < -0.39 is 6.23 Å². The van der Waals surface area contributed by atoms with Crippen LogP contribution in [0.5, 0.6) is 0 Å². The van der Waals surface area contributed by atoms with Crippen molar-refractivity contribution in [2.75, 3.05) is 6.61 Å². The highest BCUT2D eigenvalue weighted by molar-refractivity contribution is 6.09. The molecule has 4 bridgehead atoms. The van der Waals surface area contributed by atoms with Crippen molar-refractivity contribution < 1.29 is 14.2 Å². The number of allylic oxidation sites excluding steroid dienone is 2. The van der Waals surface area contributed by atoms with Crippen molar-refractivity contribution in [1.29, 1.82) is 0 Å². The molecule has 0 aromatic rings. The number of aliphatic hydroxyl groups is 1. The van der Waals surface area contributed by atoms with Gasteiger partial charge in [0.2, 0.25) is 0 Å². The first-order valence-electron chi connectivity index (χ1n) is 11.9. The first kappa shape index (κ1) is 22.9. The lowest BCUT2D eigenvalue weighted by atomic mass is 9.90. The van der Waals surface area contributed by atoms with Crippen LogP contribution in [0.15, 0.2) is 58.0 Å². The van der Waals surface area contributed by atoms with Crippen LogP contribution in [0.1, 0.15) is 46.0 Å². The van der Waals surface area contributed by atoms with Crippen molar-refractivity contribution in [3.8, 4) is 0 Å². The van der Waals surface area contributed by atoms with Crippen LogP contribution in [0, 0.1) is 23.7 Å². The van der Waals surface area contributed by atoms with E-state index in [1.807, 2.05) is 18.2 Å². The van der Waals surface area contributed by atoms with E-state index in [2.05, 4.69) is 31.3 Å². The van der Waals surface area contributed by atoms with E-state index in [4.69, 9.17) is 20.5 Å². The maximum absolute atomic E-state index is 15.2. The van der Waals surface area contributed by atoms with Gasteiger partial charge in [0.15, 0.2) is 11.7 Å². The molecule has 4 rings (SSSR count). The Kier molecular flexibility index (Phi) is 7.26. The van der Waals surface area contributed by atoms with Gasteiger partial charge in [-0.1, -0.05) is 38.5 Å². The molecule has 2 aliphatic heterocycles. The van der Waals surface area contributed by atoms with E-state index in [0.717, 1.165) is 37.3 Å². The molecule has 2 aliphatic carbocycles. The molecule has 0 aromatic heterocycles. The fourth-order valence-corrected chi connectivity index (χ4v) is 5.36. The molecule has 174 valence electrons. The molecule has 0 saturated heterocycles. The topological polar surface area (TPSA) is 92.2 Å². The second-order valence-corrected chi connectivity index (χ2v) is 9.15. The summed E-state index contributed by atoms with van der Waals surface area (Å²) in [4.78, 5) is 9.80. The average molecular weight is 443 g/mol. The number of rotatable bonds is 3. The van der Waals surface area contributed by atoms with Gasteiger partial charge in [-0.05, 0) is 49.8 Å². The summed E-state index contributed by atoms with van der Waals surface area (Å²) in [7, 11) is 0. The summed E-state index contributed by atoms with van der Waals surface area (Å²) in [5.74, 6) is 1.51. The Balaban J connectivity index is 1.78. The number of nitrogens with one attached hydrogen (secondary N) is 1. The van der Waals surface area contributed by atoms with Gasteiger partial charge >= 0.3 is 0 Å². The molecular weight excluding hydrogens is 407 g/mol. The van der Waals surface area contributed by atoms with Crippen molar-refractivity contribution in [3.63, 3.8) is 0 Å². The van der Waals surface area contributed by atoms with Gasteiger partial charge in [0, 0.05) is 17.8 Å². The Hall–Kier alpha value is -2.25. The molecule has 4 aliphatic rings. The molecule has 7 unspecified atom stereocenters. The molecule has 6 nitrogen and oxygen atoms in total. The lowest BCUT2D eigenvalue weighted by Gasteiger charge is -2.26. The van der Waals surface area contributed by atoms with Crippen LogP contribution in [-0.4, -0.2) is 41.7 Å². The zero-order valence-electron chi connectivity index (χ0n) is 19.0. The fraction of sp³-hybridized carbons (Fsp3) is 0.600. The van der Waals surface area contributed by atoms with Crippen LogP contribution in [0.3, 0.4) is 0 Å². The third-order valence-electron chi connectivity index (χ3n) is 7.13. The Morgan fingerprint density at radius 2 is 2.09 bits per heavy atom. The van der Waals surface area contributed by atoms with Crippen molar-refractivity contribution in [2.24, 2.45) is 39.4 Å². The zero-order chi connectivity index (χ0) is 22.7. The second kappa shape index (κ2) is 10.1. The van der Waals surface area contributed by atoms with Gasteiger partial charge in [-0.3, -0.25) is 9.98 Å². The number of aliphatic hydroxyl groups excluding tert-OH is 1. The predicted molar refractivity (Wildman–Crippen MR) is 126 cm³/mol. The lowest BCUT2D eigenvalue weighted by molar-refractivity contribution is 0.0811. The Morgan fingerprint density at radius 3 is 2.84 bits per heavy atom. The molecule has 2 heterocycles. The number of amidine groups is 2. The summed E-state index contributed by atoms with van der Waals surface area (Å²) < 4.78 is 21.1. The van der Waals surface area contributed by atoms with E-state index in [0.29, 0.717) is 13.0 Å². The highest BCUT2D eigenvalue weighted by atomic mass is 19.1. The van der Waals surface area contributed by atoms with Crippen LogP contribution < -0.4 is 11.1 Å².